The van der Waals surface area contributed by atoms with E-state index in [1.54, 1.807) is 23.5 Å². The lowest BCUT2D eigenvalue weighted by Crippen LogP contribution is -2.35. The van der Waals surface area contributed by atoms with Gasteiger partial charge in [0.15, 0.2) is 6.04 Å². The van der Waals surface area contributed by atoms with E-state index in [9.17, 15) is 9.59 Å². The topological polar surface area (TPSA) is 55.4 Å². The minimum absolute atomic E-state index is 0.198. The zero-order chi connectivity index (χ0) is 15.2. The van der Waals surface area contributed by atoms with Crippen molar-refractivity contribution in [3.05, 3.63) is 57.8 Å². The van der Waals surface area contributed by atoms with Gasteiger partial charge in [0, 0.05) is 9.75 Å². The third-order valence-electron chi connectivity index (χ3n) is 3.01. The average molecular weight is 303 g/mol. The first kappa shape index (κ1) is 15.3. The standard InChI is InChI=1S/C16H17NO3S/c1-11-8-9-13(21-11)10-14(18)17-15(16(19)20-2)12-6-4-3-5-7-12/h3-9,15H,10H2,1-2H3,(H,17,18)/t15-/m0/s1. The molecular formula is C16H17NO3S. The van der Waals surface area contributed by atoms with Crippen LogP contribution in [0.15, 0.2) is 42.5 Å². The molecule has 1 aromatic carbocycles. The minimum atomic E-state index is -0.773. The molecule has 0 fully saturated rings. The highest BCUT2D eigenvalue weighted by atomic mass is 32.1. The van der Waals surface area contributed by atoms with Gasteiger partial charge in [0.2, 0.25) is 5.91 Å². The van der Waals surface area contributed by atoms with Crippen molar-refractivity contribution in [2.75, 3.05) is 7.11 Å². The zero-order valence-corrected chi connectivity index (χ0v) is 12.8. The maximum absolute atomic E-state index is 12.1. The summed E-state index contributed by atoms with van der Waals surface area (Å²) in [6, 6.07) is 12.2. The third kappa shape index (κ3) is 4.16. The van der Waals surface area contributed by atoms with E-state index in [0.717, 1.165) is 9.75 Å². The number of esters is 1. The summed E-state index contributed by atoms with van der Waals surface area (Å²) in [5, 5.41) is 2.73. The molecule has 1 amide bonds. The molecule has 0 aliphatic carbocycles. The van der Waals surface area contributed by atoms with Gasteiger partial charge in [0.1, 0.15) is 0 Å². The molecule has 0 spiro atoms. The second kappa shape index (κ2) is 7.04. The second-order valence-corrected chi connectivity index (χ2v) is 6.00. The summed E-state index contributed by atoms with van der Waals surface area (Å²) in [7, 11) is 1.31. The number of hydrogen-bond donors (Lipinski definition) is 1. The lowest BCUT2D eigenvalue weighted by atomic mass is 10.1. The number of benzene rings is 1. The van der Waals surface area contributed by atoms with Gasteiger partial charge in [-0.25, -0.2) is 4.79 Å². The number of ether oxygens (including phenoxy) is 1. The predicted octanol–water partition coefficient (Wildman–Crippen LogP) is 2.63. The fourth-order valence-electron chi connectivity index (χ4n) is 1.99. The Labute approximate surface area is 127 Å². The van der Waals surface area contributed by atoms with Gasteiger partial charge in [-0.2, -0.15) is 0 Å². The molecule has 0 aliphatic heterocycles. The van der Waals surface area contributed by atoms with Crippen molar-refractivity contribution in [1.82, 2.24) is 5.32 Å². The Hall–Kier alpha value is -2.14. The molecule has 1 heterocycles. The molecule has 2 rings (SSSR count). The number of methoxy groups -OCH3 is 1. The van der Waals surface area contributed by atoms with Crippen LogP contribution in [0.4, 0.5) is 0 Å². The quantitative estimate of drug-likeness (QED) is 0.864. The van der Waals surface area contributed by atoms with Gasteiger partial charge in [-0.1, -0.05) is 30.3 Å². The Bertz CT molecular complexity index is 621. The lowest BCUT2D eigenvalue weighted by molar-refractivity contribution is -0.145. The van der Waals surface area contributed by atoms with E-state index in [2.05, 4.69) is 5.32 Å². The molecule has 0 radical (unpaired) electrons. The number of amides is 1. The summed E-state index contributed by atoms with van der Waals surface area (Å²) in [5.41, 5.74) is 0.708. The Morgan fingerprint density at radius 2 is 1.90 bits per heavy atom. The van der Waals surface area contributed by atoms with Crippen LogP contribution in [0.5, 0.6) is 0 Å². The van der Waals surface area contributed by atoms with Crippen LogP contribution < -0.4 is 5.32 Å². The summed E-state index contributed by atoms with van der Waals surface area (Å²) >= 11 is 1.58. The Kier molecular flexibility index (Phi) is 5.11. The van der Waals surface area contributed by atoms with Crippen LogP contribution in [0.1, 0.15) is 21.4 Å². The van der Waals surface area contributed by atoms with Crippen molar-refractivity contribution >= 4 is 23.2 Å². The van der Waals surface area contributed by atoms with Crippen LogP contribution in [0.3, 0.4) is 0 Å². The summed E-state index contributed by atoms with van der Waals surface area (Å²) in [5.74, 6) is -0.673. The first-order valence-corrected chi connectivity index (χ1v) is 7.39. The van der Waals surface area contributed by atoms with E-state index < -0.39 is 12.0 Å². The van der Waals surface area contributed by atoms with E-state index >= 15 is 0 Å². The molecule has 1 N–H and O–H groups in total. The van der Waals surface area contributed by atoms with Gasteiger partial charge < -0.3 is 10.1 Å². The maximum atomic E-state index is 12.1. The molecular weight excluding hydrogens is 286 g/mol. The smallest absolute Gasteiger partial charge is 0.333 e. The Morgan fingerprint density at radius 3 is 2.48 bits per heavy atom. The molecule has 2 aromatic rings. The minimum Gasteiger partial charge on any atom is -0.467 e. The highest BCUT2D eigenvalue weighted by molar-refractivity contribution is 7.12. The molecule has 1 atom stereocenters. The maximum Gasteiger partial charge on any atom is 0.333 e. The highest BCUT2D eigenvalue weighted by Gasteiger charge is 2.23. The zero-order valence-electron chi connectivity index (χ0n) is 12.0. The lowest BCUT2D eigenvalue weighted by Gasteiger charge is -2.16. The van der Waals surface area contributed by atoms with Gasteiger partial charge in [0.05, 0.1) is 13.5 Å². The Morgan fingerprint density at radius 1 is 1.19 bits per heavy atom. The summed E-state index contributed by atoms with van der Waals surface area (Å²) < 4.78 is 4.77. The fourth-order valence-corrected chi connectivity index (χ4v) is 2.88. The first-order chi connectivity index (χ1) is 10.1. The largest absolute Gasteiger partial charge is 0.467 e. The second-order valence-electron chi connectivity index (χ2n) is 4.62. The van der Waals surface area contributed by atoms with Gasteiger partial charge in [-0.15, -0.1) is 11.3 Å². The molecule has 4 nitrogen and oxygen atoms in total. The van der Waals surface area contributed by atoms with Gasteiger partial charge in [-0.05, 0) is 24.6 Å². The summed E-state index contributed by atoms with van der Waals surface area (Å²) in [6.07, 6.45) is 0.263. The van der Waals surface area contributed by atoms with Crippen LogP contribution in [-0.4, -0.2) is 19.0 Å². The number of nitrogens with one attached hydrogen (secondary N) is 1. The number of thiophene rings is 1. The van der Waals surface area contributed by atoms with E-state index in [0.29, 0.717) is 5.56 Å². The highest BCUT2D eigenvalue weighted by Crippen LogP contribution is 2.17. The summed E-state index contributed by atoms with van der Waals surface area (Å²) in [6.45, 7) is 1.99. The molecule has 1 aromatic heterocycles. The predicted molar refractivity (Wildman–Crippen MR) is 82.1 cm³/mol. The molecule has 0 saturated carbocycles. The molecule has 21 heavy (non-hydrogen) atoms. The molecule has 0 bridgehead atoms. The van der Waals surface area contributed by atoms with Crippen molar-refractivity contribution < 1.29 is 14.3 Å². The van der Waals surface area contributed by atoms with Crippen LogP contribution in [0.2, 0.25) is 0 Å². The molecule has 0 saturated heterocycles. The average Bonchev–Trinajstić information content (AvgIpc) is 2.90. The fraction of sp³-hybridized carbons (Fsp3) is 0.250. The third-order valence-corrected chi connectivity index (χ3v) is 4.01. The Balaban J connectivity index is 2.08. The SMILES string of the molecule is COC(=O)[C@@H](NC(=O)Cc1ccc(C)s1)c1ccccc1. The number of aryl methyl sites for hydroxylation is 1. The van der Waals surface area contributed by atoms with Gasteiger partial charge in [0.25, 0.3) is 0 Å². The molecule has 110 valence electrons. The van der Waals surface area contributed by atoms with Crippen molar-refractivity contribution in [3.8, 4) is 0 Å². The molecule has 5 heteroatoms. The van der Waals surface area contributed by atoms with Crippen LogP contribution >= 0.6 is 11.3 Å². The van der Waals surface area contributed by atoms with Crippen LogP contribution in [0, 0.1) is 6.92 Å². The van der Waals surface area contributed by atoms with E-state index in [1.165, 1.54) is 7.11 Å². The number of hydrogen-bond acceptors (Lipinski definition) is 4. The molecule has 0 aliphatic rings. The van der Waals surface area contributed by atoms with Crippen molar-refractivity contribution in [1.29, 1.82) is 0 Å². The van der Waals surface area contributed by atoms with Crippen molar-refractivity contribution in [3.63, 3.8) is 0 Å². The van der Waals surface area contributed by atoms with Crippen molar-refractivity contribution in [2.24, 2.45) is 0 Å². The normalized spacial score (nSPS) is 11.7. The van der Waals surface area contributed by atoms with Crippen LogP contribution in [0.25, 0.3) is 0 Å². The van der Waals surface area contributed by atoms with E-state index in [-0.39, 0.29) is 12.3 Å². The summed E-state index contributed by atoms with van der Waals surface area (Å²) in [4.78, 5) is 26.1. The van der Waals surface area contributed by atoms with Gasteiger partial charge in [-0.3, -0.25) is 4.79 Å². The van der Waals surface area contributed by atoms with Crippen molar-refractivity contribution in [2.45, 2.75) is 19.4 Å². The van der Waals surface area contributed by atoms with E-state index in [4.69, 9.17) is 4.74 Å². The van der Waals surface area contributed by atoms with Crippen LogP contribution in [-0.2, 0) is 20.7 Å². The first-order valence-electron chi connectivity index (χ1n) is 6.57. The molecule has 0 unspecified atom stereocenters. The monoisotopic (exact) mass is 303 g/mol. The number of rotatable bonds is 5. The van der Waals surface area contributed by atoms with E-state index in [1.807, 2.05) is 37.3 Å². The van der Waals surface area contributed by atoms with Gasteiger partial charge >= 0.3 is 5.97 Å². The number of carbonyl (C=O) groups excluding carboxylic acids is 2. The number of carbonyl (C=O) groups is 2.